The van der Waals surface area contributed by atoms with Crippen LogP contribution in [0, 0.1) is 5.82 Å². The second-order valence-electron chi connectivity index (χ2n) is 4.71. The normalized spacial score (nSPS) is 25.2. The van der Waals surface area contributed by atoms with Crippen molar-refractivity contribution in [1.29, 1.82) is 0 Å². The van der Waals surface area contributed by atoms with Crippen LogP contribution < -0.4 is 15.8 Å². The van der Waals surface area contributed by atoms with Crippen molar-refractivity contribution < 1.29 is 9.13 Å². The van der Waals surface area contributed by atoms with Crippen molar-refractivity contribution in [2.45, 2.75) is 37.9 Å². The molecule has 3 N–H and O–H groups in total. The third-order valence-corrected chi connectivity index (χ3v) is 3.34. The minimum atomic E-state index is -0.316. The van der Waals surface area contributed by atoms with Gasteiger partial charge in [0.25, 0.3) is 0 Å². The molecule has 1 fully saturated rings. The van der Waals surface area contributed by atoms with Gasteiger partial charge in [0.2, 0.25) is 0 Å². The van der Waals surface area contributed by atoms with Gasteiger partial charge < -0.3 is 15.8 Å². The SMILES string of the molecule is COc1ccc(C(C)NC2CC(N)C2)cc1F. The number of benzene rings is 1. The molecule has 0 amide bonds. The maximum atomic E-state index is 13.5. The minimum absolute atomic E-state index is 0.132. The lowest BCUT2D eigenvalue weighted by molar-refractivity contribution is 0.272. The molecular weight excluding hydrogens is 219 g/mol. The highest BCUT2D eigenvalue weighted by atomic mass is 19.1. The number of methoxy groups -OCH3 is 1. The van der Waals surface area contributed by atoms with E-state index in [0.717, 1.165) is 18.4 Å². The Kier molecular flexibility index (Phi) is 3.64. The van der Waals surface area contributed by atoms with Crippen LogP contribution in [0.3, 0.4) is 0 Å². The average molecular weight is 238 g/mol. The largest absolute Gasteiger partial charge is 0.494 e. The van der Waals surface area contributed by atoms with Crippen LogP contribution in [-0.2, 0) is 0 Å². The molecule has 1 atom stereocenters. The van der Waals surface area contributed by atoms with Crippen LogP contribution in [0.5, 0.6) is 5.75 Å². The number of nitrogens with one attached hydrogen (secondary N) is 1. The lowest BCUT2D eigenvalue weighted by Gasteiger charge is -2.35. The fraction of sp³-hybridized carbons (Fsp3) is 0.538. The maximum absolute atomic E-state index is 13.5. The van der Waals surface area contributed by atoms with Gasteiger partial charge in [-0.2, -0.15) is 0 Å². The molecule has 2 rings (SSSR count). The van der Waals surface area contributed by atoms with Gasteiger partial charge in [-0.25, -0.2) is 4.39 Å². The smallest absolute Gasteiger partial charge is 0.165 e. The monoisotopic (exact) mass is 238 g/mol. The van der Waals surface area contributed by atoms with Crippen molar-refractivity contribution in [2.24, 2.45) is 5.73 Å². The third kappa shape index (κ3) is 2.76. The van der Waals surface area contributed by atoms with Crippen molar-refractivity contribution in [3.05, 3.63) is 29.6 Å². The van der Waals surface area contributed by atoms with E-state index in [0.29, 0.717) is 12.1 Å². The molecular formula is C13H19FN2O. The Morgan fingerprint density at radius 3 is 2.71 bits per heavy atom. The molecule has 4 heteroatoms. The number of hydrogen-bond acceptors (Lipinski definition) is 3. The van der Waals surface area contributed by atoms with E-state index >= 15 is 0 Å². The van der Waals surface area contributed by atoms with Crippen LogP contribution in [-0.4, -0.2) is 19.2 Å². The lowest BCUT2D eigenvalue weighted by atomic mass is 9.87. The van der Waals surface area contributed by atoms with Crippen molar-refractivity contribution >= 4 is 0 Å². The summed E-state index contributed by atoms with van der Waals surface area (Å²) in [6.07, 6.45) is 2.01. The minimum Gasteiger partial charge on any atom is -0.494 e. The van der Waals surface area contributed by atoms with E-state index in [-0.39, 0.29) is 17.6 Å². The Morgan fingerprint density at radius 1 is 1.47 bits per heavy atom. The van der Waals surface area contributed by atoms with E-state index in [4.69, 9.17) is 10.5 Å². The first kappa shape index (κ1) is 12.3. The van der Waals surface area contributed by atoms with Crippen molar-refractivity contribution in [3.8, 4) is 5.75 Å². The van der Waals surface area contributed by atoms with Gasteiger partial charge in [0.1, 0.15) is 0 Å². The molecule has 0 aliphatic heterocycles. The highest BCUT2D eigenvalue weighted by molar-refractivity contribution is 5.30. The molecule has 1 saturated carbocycles. The van der Waals surface area contributed by atoms with Gasteiger partial charge in [0.05, 0.1) is 7.11 Å². The van der Waals surface area contributed by atoms with Gasteiger partial charge >= 0.3 is 0 Å². The summed E-state index contributed by atoms with van der Waals surface area (Å²) >= 11 is 0. The van der Waals surface area contributed by atoms with E-state index in [1.165, 1.54) is 13.2 Å². The Hall–Kier alpha value is -1.13. The highest BCUT2D eigenvalue weighted by Gasteiger charge is 2.27. The Labute approximate surface area is 101 Å². The van der Waals surface area contributed by atoms with Crippen molar-refractivity contribution in [1.82, 2.24) is 5.32 Å². The molecule has 1 unspecified atom stereocenters. The van der Waals surface area contributed by atoms with Crippen molar-refractivity contribution in [3.63, 3.8) is 0 Å². The van der Waals surface area contributed by atoms with Gasteiger partial charge in [-0.15, -0.1) is 0 Å². The van der Waals surface area contributed by atoms with Gasteiger partial charge in [-0.3, -0.25) is 0 Å². The molecule has 0 radical (unpaired) electrons. The zero-order valence-corrected chi connectivity index (χ0v) is 10.2. The zero-order chi connectivity index (χ0) is 12.4. The third-order valence-electron chi connectivity index (χ3n) is 3.34. The van der Waals surface area contributed by atoms with Crippen LogP contribution in [0.1, 0.15) is 31.4 Å². The number of rotatable bonds is 4. The summed E-state index contributed by atoms with van der Waals surface area (Å²) < 4.78 is 18.4. The number of hydrogen-bond donors (Lipinski definition) is 2. The molecule has 0 heterocycles. The second-order valence-corrected chi connectivity index (χ2v) is 4.71. The molecule has 0 aromatic heterocycles. The molecule has 1 aliphatic rings. The number of ether oxygens (including phenoxy) is 1. The van der Waals surface area contributed by atoms with Crippen LogP contribution in [0.2, 0.25) is 0 Å². The van der Waals surface area contributed by atoms with Gasteiger partial charge in [-0.05, 0) is 37.5 Å². The van der Waals surface area contributed by atoms with Crippen LogP contribution in [0.15, 0.2) is 18.2 Å². The summed E-state index contributed by atoms with van der Waals surface area (Å²) in [4.78, 5) is 0. The Morgan fingerprint density at radius 2 is 2.18 bits per heavy atom. The predicted molar refractivity (Wildman–Crippen MR) is 65.5 cm³/mol. The summed E-state index contributed by atoms with van der Waals surface area (Å²) in [6.45, 7) is 2.03. The van der Waals surface area contributed by atoms with Gasteiger partial charge in [-0.1, -0.05) is 6.07 Å². The van der Waals surface area contributed by atoms with Crippen LogP contribution >= 0.6 is 0 Å². The fourth-order valence-corrected chi connectivity index (χ4v) is 2.20. The molecule has 0 saturated heterocycles. The summed E-state index contributed by atoms with van der Waals surface area (Å²) in [7, 11) is 1.47. The topological polar surface area (TPSA) is 47.3 Å². The zero-order valence-electron chi connectivity index (χ0n) is 10.2. The average Bonchev–Trinajstić information content (AvgIpc) is 2.26. The molecule has 3 nitrogen and oxygen atoms in total. The predicted octanol–water partition coefficient (Wildman–Crippen LogP) is 1.97. The van der Waals surface area contributed by atoms with E-state index in [1.807, 2.05) is 13.0 Å². The fourth-order valence-electron chi connectivity index (χ4n) is 2.20. The molecule has 0 spiro atoms. The number of nitrogens with two attached hydrogens (primary N) is 1. The second kappa shape index (κ2) is 5.02. The molecule has 1 aromatic rings. The van der Waals surface area contributed by atoms with Gasteiger partial charge in [0.15, 0.2) is 11.6 Å². The molecule has 1 aromatic carbocycles. The molecule has 17 heavy (non-hydrogen) atoms. The van der Waals surface area contributed by atoms with Crippen LogP contribution in [0.25, 0.3) is 0 Å². The number of halogens is 1. The summed E-state index contributed by atoms with van der Waals surface area (Å²) in [6, 6.07) is 5.99. The van der Waals surface area contributed by atoms with Crippen molar-refractivity contribution in [2.75, 3.05) is 7.11 Å². The summed E-state index contributed by atoms with van der Waals surface area (Å²) in [5.74, 6) is -0.0319. The molecule has 0 bridgehead atoms. The standard InChI is InChI=1S/C13H19FN2O/c1-8(16-11-6-10(15)7-11)9-3-4-13(17-2)12(14)5-9/h3-5,8,10-11,16H,6-7,15H2,1-2H3. The van der Waals surface area contributed by atoms with E-state index in [2.05, 4.69) is 5.32 Å². The Balaban J connectivity index is 1.99. The first-order valence-electron chi connectivity index (χ1n) is 5.95. The first-order valence-corrected chi connectivity index (χ1v) is 5.95. The lowest BCUT2D eigenvalue weighted by Crippen LogP contribution is -2.49. The summed E-state index contributed by atoms with van der Waals surface area (Å²) in [5, 5.41) is 3.44. The summed E-state index contributed by atoms with van der Waals surface area (Å²) in [5.41, 5.74) is 6.66. The molecule has 1 aliphatic carbocycles. The van der Waals surface area contributed by atoms with Gasteiger partial charge in [0, 0.05) is 18.1 Å². The maximum Gasteiger partial charge on any atom is 0.165 e. The molecule has 94 valence electrons. The highest BCUT2D eigenvalue weighted by Crippen LogP contribution is 2.25. The van der Waals surface area contributed by atoms with Crippen LogP contribution in [0.4, 0.5) is 4.39 Å². The Bertz CT molecular complexity index is 391. The first-order chi connectivity index (χ1) is 8.10. The van der Waals surface area contributed by atoms with E-state index < -0.39 is 0 Å². The van der Waals surface area contributed by atoms with E-state index in [1.54, 1.807) is 6.07 Å². The van der Waals surface area contributed by atoms with E-state index in [9.17, 15) is 4.39 Å². The quantitative estimate of drug-likeness (QED) is 0.843.